The second-order valence-corrected chi connectivity index (χ2v) is 5.39. The number of nitrogens with zero attached hydrogens (tertiary/aromatic N) is 3. The maximum Gasteiger partial charge on any atom is 0.241 e. The van der Waals surface area contributed by atoms with E-state index in [1.165, 1.54) is 5.56 Å². The van der Waals surface area contributed by atoms with Crippen LogP contribution in [0.25, 0.3) is 11.4 Å². The van der Waals surface area contributed by atoms with E-state index < -0.39 is 0 Å². The Bertz CT molecular complexity index is 574. The third-order valence-corrected chi connectivity index (χ3v) is 3.66. The Morgan fingerprint density at radius 3 is 2.90 bits per heavy atom. The molecule has 20 heavy (non-hydrogen) atoms. The summed E-state index contributed by atoms with van der Waals surface area (Å²) in [6.07, 6.45) is 1.48. The SMILES string of the molecule is Cc1cccc(-c2noc(CN3CCC(O)CC3)n2)c1. The first-order valence-corrected chi connectivity index (χ1v) is 7.01. The number of aliphatic hydroxyl groups excluding tert-OH is 1. The van der Waals surface area contributed by atoms with Gasteiger partial charge in [0.1, 0.15) is 0 Å². The molecule has 5 heteroatoms. The van der Waals surface area contributed by atoms with Gasteiger partial charge in [0, 0.05) is 18.7 Å². The van der Waals surface area contributed by atoms with Crippen molar-refractivity contribution >= 4 is 0 Å². The van der Waals surface area contributed by atoms with Gasteiger partial charge in [-0.25, -0.2) is 0 Å². The summed E-state index contributed by atoms with van der Waals surface area (Å²) in [7, 11) is 0. The van der Waals surface area contributed by atoms with Gasteiger partial charge in [0.05, 0.1) is 12.6 Å². The van der Waals surface area contributed by atoms with Crippen molar-refractivity contribution in [2.45, 2.75) is 32.4 Å². The Morgan fingerprint density at radius 1 is 1.35 bits per heavy atom. The van der Waals surface area contributed by atoms with E-state index in [9.17, 15) is 5.11 Å². The molecule has 0 amide bonds. The molecule has 1 N–H and O–H groups in total. The van der Waals surface area contributed by atoms with Crippen molar-refractivity contribution in [2.75, 3.05) is 13.1 Å². The van der Waals surface area contributed by atoms with Crippen LogP contribution in [0.2, 0.25) is 0 Å². The normalized spacial score (nSPS) is 17.5. The Morgan fingerprint density at radius 2 is 2.15 bits per heavy atom. The Balaban J connectivity index is 1.68. The van der Waals surface area contributed by atoms with Crippen molar-refractivity contribution < 1.29 is 9.63 Å². The highest BCUT2D eigenvalue weighted by Crippen LogP contribution is 2.18. The van der Waals surface area contributed by atoms with Gasteiger partial charge in [-0.1, -0.05) is 28.9 Å². The van der Waals surface area contributed by atoms with Crippen LogP contribution in [-0.4, -0.2) is 39.3 Å². The minimum Gasteiger partial charge on any atom is -0.393 e. The summed E-state index contributed by atoms with van der Waals surface area (Å²) in [5.74, 6) is 1.28. The van der Waals surface area contributed by atoms with Crippen LogP contribution in [0.4, 0.5) is 0 Å². The summed E-state index contributed by atoms with van der Waals surface area (Å²) in [5.41, 5.74) is 2.16. The van der Waals surface area contributed by atoms with E-state index in [1.807, 2.05) is 31.2 Å². The number of hydrogen-bond donors (Lipinski definition) is 1. The molecule has 0 atom stereocenters. The first-order valence-electron chi connectivity index (χ1n) is 7.01. The molecule has 0 spiro atoms. The second-order valence-electron chi connectivity index (χ2n) is 5.39. The summed E-state index contributed by atoms with van der Waals surface area (Å²) in [6.45, 7) is 4.46. The maximum atomic E-state index is 9.49. The number of likely N-dealkylation sites (tertiary alicyclic amines) is 1. The molecule has 1 aliphatic heterocycles. The van der Waals surface area contributed by atoms with E-state index in [2.05, 4.69) is 15.0 Å². The van der Waals surface area contributed by atoms with E-state index >= 15 is 0 Å². The van der Waals surface area contributed by atoms with Crippen LogP contribution in [0.1, 0.15) is 24.3 Å². The monoisotopic (exact) mass is 273 g/mol. The van der Waals surface area contributed by atoms with E-state index in [-0.39, 0.29) is 6.10 Å². The minimum absolute atomic E-state index is 0.156. The lowest BCUT2D eigenvalue weighted by Gasteiger charge is -2.27. The molecule has 1 aliphatic rings. The van der Waals surface area contributed by atoms with Crippen molar-refractivity contribution in [3.8, 4) is 11.4 Å². The molecular formula is C15H19N3O2. The van der Waals surface area contributed by atoms with Gasteiger partial charge in [-0.2, -0.15) is 4.98 Å². The molecule has 3 rings (SSSR count). The predicted molar refractivity (Wildman–Crippen MR) is 75.0 cm³/mol. The maximum absolute atomic E-state index is 9.49. The summed E-state index contributed by atoms with van der Waals surface area (Å²) >= 11 is 0. The fraction of sp³-hybridized carbons (Fsp3) is 0.467. The second kappa shape index (κ2) is 5.73. The molecule has 2 heterocycles. The topological polar surface area (TPSA) is 62.4 Å². The molecule has 1 aromatic heterocycles. The van der Waals surface area contributed by atoms with E-state index in [4.69, 9.17) is 4.52 Å². The number of hydrogen-bond acceptors (Lipinski definition) is 5. The van der Waals surface area contributed by atoms with Crippen molar-refractivity contribution in [3.05, 3.63) is 35.7 Å². The van der Waals surface area contributed by atoms with E-state index in [0.29, 0.717) is 18.3 Å². The zero-order valence-corrected chi connectivity index (χ0v) is 11.6. The highest BCUT2D eigenvalue weighted by atomic mass is 16.5. The number of rotatable bonds is 3. The molecule has 0 aliphatic carbocycles. The number of benzene rings is 1. The third kappa shape index (κ3) is 3.05. The van der Waals surface area contributed by atoms with Crippen molar-refractivity contribution in [2.24, 2.45) is 0 Å². The lowest BCUT2D eigenvalue weighted by atomic mass is 10.1. The molecule has 0 saturated carbocycles. The number of aliphatic hydroxyl groups is 1. The standard InChI is InChI=1S/C15H19N3O2/c1-11-3-2-4-12(9-11)15-16-14(20-17-15)10-18-7-5-13(19)6-8-18/h2-4,9,13,19H,5-8,10H2,1H3. The molecule has 0 radical (unpaired) electrons. The van der Waals surface area contributed by atoms with E-state index in [0.717, 1.165) is 31.5 Å². The predicted octanol–water partition coefficient (Wildman–Crippen LogP) is 2.00. The summed E-state index contributed by atoms with van der Waals surface area (Å²) in [6, 6.07) is 8.07. The molecule has 1 aromatic carbocycles. The molecule has 0 unspecified atom stereocenters. The Kier molecular flexibility index (Phi) is 3.80. The Hall–Kier alpha value is -1.72. The van der Waals surface area contributed by atoms with Crippen LogP contribution >= 0.6 is 0 Å². The third-order valence-electron chi connectivity index (χ3n) is 3.66. The molecule has 5 nitrogen and oxygen atoms in total. The molecule has 106 valence electrons. The van der Waals surface area contributed by atoms with Crippen LogP contribution in [0.15, 0.2) is 28.8 Å². The number of aryl methyl sites for hydroxylation is 1. The minimum atomic E-state index is -0.156. The zero-order valence-electron chi connectivity index (χ0n) is 11.6. The zero-order chi connectivity index (χ0) is 13.9. The number of aromatic nitrogens is 2. The lowest BCUT2D eigenvalue weighted by Crippen LogP contribution is -2.35. The van der Waals surface area contributed by atoms with Gasteiger partial charge in [-0.3, -0.25) is 4.90 Å². The van der Waals surface area contributed by atoms with Crippen LogP contribution in [0.5, 0.6) is 0 Å². The fourth-order valence-corrected chi connectivity index (χ4v) is 2.49. The lowest BCUT2D eigenvalue weighted by molar-refractivity contribution is 0.0740. The first-order chi connectivity index (χ1) is 9.70. The molecule has 2 aromatic rings. The summed E-state index contributed by atoms with van der Waals surface area (Å²) in [5, 5.41) is 13.5. The fourth-order valence-electron chi connectivity index (χ4n) is 2.49. The van der Waals surface area contributed by atoms with Gasteiger partial charge in [0.2, 0.25) is 11.7 Å². The molecular weight excluding hydrogens is 254 g/mol. The van der Waals surface area contributed by atoms with Crippen LogP contribution in [0.3, 0.4) is 0 Å². The van der Waals surface area contributed by atoms with Crippen LogP contribution < -0.4 is 0 Å². The average Bonchev–Trinajstić information content (AvgIpc) is 2.90. The van der Waals surface area contributed by atoms with Gasteiger partial charge in [-0.15, -0.1) is 0 Å². The molecule has 0 bridgehead atoms. The van der Waals surface area contributed by atoms with Gasteiger partial charge in [-0.05, 0) is 25.8 Å². The highest BCUT2D eigenvalue weighted by molar-refractivity contribution is 5.55. The first kappa shape index (κ1) is 13.3. The van der Waals surface area contributed by atoms with Gasteiger partial charge < -0.3 is 9.63 Å². The van der Waals surface area contributed by atoms with Gasteiger partial charge in [0.15, 0.2) is 0 Å². The smallest absolute Gasteiger partial charge is 0.241 e. The number of piperidine rings is 1. The van der Waals surface area contributed by atoms with E-state index in [1.54, 1.807) is 0 Å². The summed E-state index contributed by atoms with van der Waals surface area (Å²) < 4.78 is 5.32. The van der Waals surface area contributed by atoms with Crippen molar-refractivity contribution in [3.63, 3.8) is 0 Å². The quantitative estimate of drug-likeness (QED) is 0.926. The molecule has 1 saturated heterocycles. The van der Waals surface area contributed by atoms with Crippen molar-refractivity contribution in [1.29, 1.82) is 0 Å². The largest absolute Gasteiger partial charge is 0.393 e. The summed E-state index contributed by atoms with van der Waals surface area (Å²) in [4.78, 5) is 6.69. The highest BCUT2D eigenvalue weighted by Gasteiger charge is 2.19. The van der Waals surface area contributed by atoms with Crippen molar-refractivity contribution in [1.82, 2.24) is 15.0 Å². The van der Waals surface area contributed by atoms with Gasteiger partial charge >= 0.3 is 0 Å². The van der Waals surface area contributed by atoms with Crippen LogP contribution in [0, 0.1) is 6.92 Å². The van der Waals surface area contributed by atoms with Crippen LogP contribution in [-0.2, 0) is 6.54 Å². The van der Waals surface area contributed by atoms with Gasteiger partial charge in [0.25, 0.3) is 0 Å². The average molecular weight is 273 g/mol. The Labute approximate surface area is 118 Å². The molecule has 1 fully saturated rings.